The number of carbonyl (C=O) groups excluding carboxylic acids is 1. The number of ether oxygens (including phenoxy) is 1. The van der Waals surface area contributed by atoms with Gasteiger partial charge in [-0.2, -0.15) is 0 Å². The van der Waals surface area contributed by atoms with E-state index < -0.39 is 0 Å². The maximum atomic E-state index is 12.4. The molecule has 0 radical (unpaired) electrons. The average Bonchev–Trinajstić information content (AvgIpc) is 2.96. The SMILES string of the molecule is CC(C)(C)c1ncsc1C(=O)Nc1ccc(OCCN)cc1. The fraction of sp³-hybridized carbons (Fsp3) is 0.375. The summed E-state index contributed by atoms with van der Waals surface area (Å²) in [7, 11) is 0. The van der Waals surface area contributed by atoms with Crippen LogP contribution in [0.4, 0.5) is 5.69 Å². The third kappa shape index (κ3) is 4.05. The number of benzene rings is 1. The van der Waals surface area contributed by atoms with Gasteiger partial charge in [0, 0.05) is 17.6 Å². The summed E-state index contributed by atoms with van der Waals surface area (Å²) < 4.78 is 5.41. The number of aromatic nitrogens is 1. The summed E-state index contributed by atoms with van der Waals surface area (Å²) in [5, 5.41) is 2.89. The van der Waals surface area contributed by atoms with E-state index in [2.05, 4.69) is 10.3 Å². The van der Waals surface area contributed by atoms with Gasteiger partial charge in [-0.25, -0.2) is 4.98 Å². The Hall–Kier alpha value is -1.92. The second-order valence-corrected chi connectivity index (χ2v) is 6.75. The molecule has 3 N–H and O–H groups in total. The summed E-state index contributed by atoms with van der Waals surface area (Å²) in [5.41, 5.74) is 8.47. The predicted molar refractivity (Wildman–Crippen MR) is 89.8 cm³/mol. The molecule has 2 rings (SSSR count). The monoisotopic (exact) mass is 319 g/mol. The number of nitrogens with one attached hydrogen (secondary N) is 1. The molecule has 5 nitrogen and oxygen atoms in total. The van der Waals surface area contributed by atoms with Crippen molar-refractivity contribution < 1.29 is 9.53 Å². The van der Waals surface area contributed by atoms with Crippen LogP contribution >= 0.6 is 11.3 Å². The standard InChI is InChI=1S/C16H21N3O2S/c1-16(2,3)14-13(22-10-18-14)15(20)19-11-4-6-12(7-5-11)21-9-8-17/h4-7,10H,8-9,17H2,1-3H3,(H,19,20). The molecule has 0 atom stereocenters. The number of rotatable bonds is 5. The number of anilines is 1. The Morgan fingerprint density at radius 1 is 1.32 bits per heavy atom. The molecule has 1 aromatic heterocycles. The predicted octanol–water partition coefficient (Wildman–Crippen LogP) is 3.03. The van der Waals surface area contributed by atoms with E-state index >= 15 is 0 Å². The Morgan fingerprint density at radius 3 is 2.59 bits per heavy atom. The molecule has 2 aromatic rings. The van der Waals surface area contributed by atoms with E-state index in [-0.39, 0.29) is 11.3 Å². The third-order valence-corrected chi connectivity index (χ3v) is 3.81. The maximum absolute atomic E-state index is 12.4. The number of carbonyl (C=O) groups is 1. The zero-order valence-electron chi connectivity index (χ0n) is 13.1. The molecule has 0 aliphatic carbocycles. The Balaban J connectivity index is 2.08. The van der Waals surface area contributed by atoms with Gasteiger partial charge in [-0.15, -0.1) is 11.3 Å². The molecular formula is C16H21N3O2S. The molecule has 0 fully saturated rings. The Labute approximate surface area is 134 Å². The lowest BCUT2D eigenvalue weighted by Crippen LogP contribution is -2.19. The van der Waals surface area contributed by atoms with Crippen molar-refractivity contribution in [2.75, 3.05) is 18.5 Å². The lowest BCUT2D eigenvalue weighted by molar-refractivity contribution is 0.102. The van der Waals surface area contributed by atoms with Crippen molar-refractivity contribution in [3.8, 4) is 5.75 Å². The summed E-state index contributed by atoms with van der Waals surface area (Å²) in [5.74, 6) is 0.597. The van der Waals surface area contributed by atoms with Gasteiger partial charge in [0.1, 0.15) is 17.2 Å². The number of nitrogens with zero attached hydrogens (tertiary/aromatic N) is 1. The van der Waals surface area contributed by atoms with Crippen LogP contribution < -0.4 is 15.8 Å². The second kappa shape index (κ2) is 6.89. The van der Waals surface area contributed by atoms with Crippen molar-refractivity contribution in [2.45, 2.75) is 26.2 Å². The normalized spacial score (nSPS) is 11.3. The first-order valence-corrected chi connectivity index (χ1v) is 7.98. The molecule has 0 saturated carbocycles. The highest BCUT2D eigenvalue weighted by molar-refractivity contribution is 7.12. The van der Waals surface area contributed by atoms with Gasteiger partial charge in [-0.05, 0) is 24.3 Å². The van der Waals surface area contributed by atoms with E-state index in [1.807, 2.05) is 45.0 Å². The molecule has 0 saturated heterocycles. The molecule has 1 aromatic carbocycles. The fourth-order valence-electron chi connectivity index (χ4n) is 1.94. The van der Waals surface area contributed by atoms with E-state index in [0.29, 0.717) is 18.0 Å². The molecule has 0 unspecified atom stereocenters. The van der Waals surface area contributed by atoms with Crippen molar-refractivity contribution in [2.24, 2.45) is 5.73 Å². The fourth-order valence-corrected chi connectivity index (χ4v) is 2.83. The summed E-state index contributed by atoms with van der Waals surface area (Å²) >= 11 is 1.36. The number of hydrogen-bond donors (Lipinski definition) is 2. The maximum Gasteiger partial charge on any atom is 0.267 e. The molecule has 22 heavy (non-hydrogen) atoms. The number of amides is 1. The first-order chi connectivity index (χ1) is 10.4. The van der Waals surface area contributed by atoms with Crippen molar-refractivity contribution >= 4 is 22.9 Å². The van der Waals surface area contributed by atoms with Gasteiger partial charge >= 0.3 is 0 Å². The smallest absolute Gasteiger partial charge is 0.267 e. The Bertz CT molecular complexity index is 630. The summed E-state index contributed by atoms with van der Waals surface area (Å²) in [6, 6.07) is 7.23. The second-order valence-electron chi connectivity index (χ2n) is 5.90. The van der Waals surface area contributed by atoms with Crippen LogP contribution in [0.3, 0.4) is 0 Å². The van der Waals surface area contributed by atoms with Gasteiger partial charge in [0.05, 0.1) is 11.2 Å². The zero-order valence-corrected chi connectivity index (χ0v) is 13.9. The highest BCUT2D eigenvalue weighted by Crippen LogP contribution is 2.28. The molecule has 0 bridgehead atoms. The molecule has 1 amide bonds. The van der Waals surface area contributed by atoms with Gasteiger partial charge < -0.3 is 15.8 Å². The van der Waals surface area contributed by atoms with E-state index in [4.69, 9.17) is 10.5 Å². The van der Waals surface area contributed by atoms with Crippen LogP contribution in [0.2, 0.25) is 0 Å². The van der Waals surface area contributed by atoms with Crippen LogP contribution in [-0.2, 0) is 5.41 Å². The van der Waals surface area contributed by atoms with Crippen LogP contribution in [0.25, 0.3) is 0 Å². The molecule has 0 aliphatic heterocycles. The van der Waals surface area contributed by atoms with Crippen LogP contribution in [-0.4, -0.2) is 24.0 Å². The topological polar surface area (TPSA) is 77.2 Å². The first-order valence-electron chi connectivity index (χ1n) is 7.10. The third-order valence-electron chi connectivity index (χ3n) is 2.98. The van der Waals surface area contributed by atoms with Gasteiger partial charge in [0.2, 0.25) is 0 Å². The number of thiazole rings is 1. The molecule has 6 heteroatoms. The van der Waals surface area contributed by atoms with Gasteiger partial charge in [-0.1, -0.05) is 20.8 Å². The van der Waals surface area contributed by atoms with E-state index in [1.54, 1.807) is 5.51 Å². The number of nitrogens with two attached hydrogens (primary N) is 1. The van der Waals surface area contributed by atoms with Crippen molar-refractivity contribution in [1.29, 1.82) is 0 Å². The lowest BCUT2D eigenvalue weighted by atomic mass is 9.91. The highest BCUT2D eigenvalue weighted by Gasteiger charge is 2.24. The summed E-state index contributed by atoms with van der Waals surface area (Å²) in [6.45, 7) is 7.08. The van der Waals surface area contributed by atoms with Crippen molar-refractivity contribution in [3.63, 3.8) is 0 Å². The molecule has 1 heterocycles. The molecule has 0 spiro atoms. The quantitative estimate of drug-likeness (QED) is 0.888. The Morgan fingerprint density at radius 2 is 2.00 bits per heavy atom. The summed E-state index contributed by atoms with van der Waals surface area (Å²) in [4.78, 5) is 17.4. The first kappa shape index (κ1) is 16.5. The van der Waals surface area contributed by atoms with Crippen LogP contribution in [0.1, 0.15) is 36.1 Å². The van der Waals surface area contributed by atoms with Crippen LogP contribution in [0, 0.1) is 0 Å². The van der Waals surface area contributed by atoms with Gasteiger partial charge in [-0.3, -0.25) is 4.79 Å². The lowest BCUT2D eigenvalue weighted by Gasteiger charge is -2.17. The van der Waals surface area contributed by atoms with Crippen molar-refractivity contribution in [3.05, 3.63) is 40.3 Å². The largest absolute Gasteiger partial charge is 0.492 e. The molecular weight excluding hydrogens is 298 g/mol. The van der Waals surface area contributed by atoms with Crippen molar-refractivity contribution in [1.82, 2.24) is 4.98 Å². The Kier molecular flexibility index (Phi) is 5.15. The average molecular weight is 319 g/mol. The van der Waals surface area contributed by atoms with E-state index in [0.717, 1.165) is 17.1 Å². The van der Waals surface area contributed by atoms with Gasteiger partial charge in [0.25, 0.3) is 5.91 Å². The molecule has 0 aliphatic rings. The minimum Gasteiger partial charge on any atom is -0.492 e. The van der Waals surface area contributed by atoms with Crippen LogP contribution in [0.15, 0.2) is 29.8 Å². The van der Waals surface area contributed by atoms with Crippen LogP contribution in [0.5, 0.6) is 5.75 Å². The zero-order chi connectivity index (χ0) is 16.2. The van der Waals surface area contributed by atoms with Gasteiger partial charge in [0.15, 0.2) is 0 Å². The summed E-state index contributed by atoms with van der Waals surface area (Å²) in [6.07, 6.45) is 0. The highest BCUT2D eigenvalue weighted by atomic mass is 32.1. The number of hydrogen-bond acceptors (Lipinski definition) is 5. The minimum atomic E-state index is -0.160. The molecule has 118 valence electrons. The van der Waals surface area contributed by atoms with E-state index in [1.165, 1.54) is 11.3 Å². The minimum absolute atomic E-state index is 0.136. The van der Waals surface area contributed by atoms with E-state index in [9.17, 15) is 4.79 Å².